The third-order valence-corrected chi connectivity index (χ3v) is 1.10. The minimum atomic E-state index is -1.13. The first-order valence-corrected chi connectivity index (χ1v) is 2.91. The second-order valence-corrected chi connectivity index (χ2v) is 2.12. The molecule has 4 nitrogen and oxygen atoms in total. The van der Waals surface area contributed by atoms with Gasteiger partial charge >= 0.3 is 5.97 Å². The molecule has 0 saturated carbocycles. The number of aliphatic carboxylic acids is 1. The van der Waals surface area contributed by atoms with Gasteiger partial charge in [0.25, 0.3) is 0 Å². The Balaban J connectivity index is 3.83. The van der Waals surface area contributed by atoms with Gasteiger partial charge in [-0.25, -0.2) is 0 Å². The first kappa shape index (κ1) is 9.10. The number of hydrogen-bond acceptors (Lipinski definition) is 3. The van der Waals surface area contributed by atoms with Gasteiger partial charge in [-0.05, 0) is 6.92 Å². The Morgan fingerprint density at radius 2 is 2.00 bits per heavy atom. The quantitative estimate of drug-likeness (QED) is 0.569. The van der Waals surface area contributed by atoms with Crippen LogP contribution in [0.1, 0.15) is 13.3 Å². The van der Waals surface area contributed by atoms with Crippen LogP contribution >= 0.6 is 0 Å². The Labute approximate surface area is 58.5 Å². The molecule has 2 N–H and O–H groups in total. The number of carboxylic acids is 1. The van der Waals surface area contributed by atoms with Crippen molar-refractivity contribution in [2.45, 2.75) is 13.3 Å². The maximum absolute atomic E-state index is 10.3. The third kappa shape index (κ3) is 3.19. The first-order valence-electron chi connectivity index (χ1n) is 2.91. The van der Waals surface area contributed by atoms with Crippen molar-refractivity contribution in [3.63, 3.8) is 0 Å². The molecule has 0 unspecified atom stereocenters. The normalized spacial score (nSPS) is 12.6. The second-order valence-electron chi connectivity index (χ2n) is 2.12. The largest absolute Gasteiger partial charge is 0.481 e. The number of aliphatic hydroxyl groups is 1. The summed E-state index contributed by atoms with van der Waals surface area (Å²) in [6.45, 7) is 0.820. The number of carbonyl (C=O) groups is 2. The van der Waals surface area contributed by atoms with Crippen LogP contribution in [0.25, 0.3) is 0 Å². The topological polar surface area (TPSA) is 74.6 Å². The number of Topliss-reactive ketones (excluding diaryl/α,β-unsaturated/α-hetero) is 1. The van der Waals surface area contributed by atoms with Gasteiger partial charge in [-0.1, -0.05) is 0 Å². The number of carbonyl (C=O) groups excluding carboxylic acids is 1. The van der Waals surface area contributed by atoms with Gasteiger partial charge in [0.2, 0.25) is 0 Å². The number of aliphatic hydroxyl groups excluding tert-OH is 1. The van der Waals surface area contributed by atoms with E-state index in [9.17, 15) is 9.59 Å². The summed E-state index contributed by atoms with van der Waals surface area (Å²) in [6.07, 6.45) is -0.0914. The van der Waals surface area contributed by atoms with E-state index in [1.807, 2.05) is 0 Å². The van der Waals surface area contributed by atoms with Crippen molar-refractivity contribution in [3.05, 3.63) is 0 Å². The molecule has 1 atom stereocenters. The van der Waals surface area contributed by atoms with Crippen LogP contribution < -0.4 is 0 Å². The van der Waals surface area contributed by atoms with Crippen molar-refractivity contribution in [2.24, 2.45) is 5.92 Å². The summed E-state index contributed by atoms with van der Waals surface area (Å²) in [4.78, 5) is 20.5. The molecule has 0 rings (SSSR count). The Morgan fingerprint density at radius 1 is 1.50 bits per heavy atom. The Kier molecular flexibility index (Phi) is 3.64. The van der Waals surface area contributed by atoms with Crippen molar-refractivity contribution in [1.82, 2.24) is 0 Å². The molecule has 0 aliphatic rings. The molecule has 0 spiro atoms. The molecule has 0 fully saturated rings. The Morgan fingerprint density at radius 3 is 2.10 bits per heavy atom. The van der Waals surface area contributed by atoms with Gasteiger partial charge in [-0.15, -0.1) is 0 Å². The minimum Gasteiger partial charge on any atom is -0.481 e. The zero-order valence-electron chi connectivity index (χ0n) is 5.70. The fourth-order valence-electron chi connectivity index (χ4n) is 0.577. The minimum absolute atomic E-state index is 0.0914. The zero-order chi connectivity index (χ0) is 8.15. The summed E-state index contributed by atoms with van der Waals surface area (Å²) >= 11 is 0. The monoisotopic (exact) mass is 146 g/mol. The summed E-state index contributed by atoms with van der Waals surface area (Å²) in [6, 6.07) is 0. The van der Waals surface area contributed by atoms with Crippen LogP contribution in [-0.4, -0.2) is 28.6 Å². The molecule has 0 aromatic heterocycles. The fourth-order valence-corrected chi connectivity index (χ4v) is 0.577. The van der Waals surface area contributed by atoms with Crippen LogP contribution in [0, 0.1) is 5.92 Å². The molecule has 0 aliphatic heterocycles. The van der Waals surface area contributed by atoms with E-state index >= 15 is 0 Å². The SMILES string of the molecule is CC(=O)C[C@@H](CO)C(=O)O. The van der Waals surface area contributed by atoms with Gasteiger partial charge in [0.15, 0.2) is 0 Å². The highest BCUT2D eigenvalue weighted by Gasteiger charge is 2.17. The van der Waals surface area contributed by atoms with Crippen LogP contribution in [0.5, 0.6) is 0 Å². The van der Waals surface area contributed by atoms with Gasteiger partial charge in [0.1, 0.15) is 5.78 Å². The van der Waals surface area contributed by atoms with E-state index in [0.717, 1.165) is 0 Å². The van der Waals surface area contributed by atoms with Gasteiger partial charge in [0.05, 0.1) is 12.5 Å². The molecule has 4 heteroatoms. The fraction of sp³-hybridized carbons (Fsp3) is 0.667. The number of ketones is 1. The van der Waals surface area contributed by atoms with Gasteiger partial charge in [-0.2, -0.15) is 0 Å². The summed E-state index contributed by atoms with van der Waals surface area (Å²) < 4.78 is 0. The van der Waals surface area contributed by atoms with Crippen molar-refractivity contribution >= 4 is 11.8 Å². The molecule has 10 heavy (non-hydrogen) atoms. The lowest BCUT2D eigenvalue weighted by molar-refractivity contribution is -0.145. The molecule has 0 amide bonds. The molecule has 0 bridgehead atoms. The average Bonchev–Trinajstić information content (AvgIpc) is 1.81. The molecule has 0 aromatic carbocycles. The van der Waals surface area contributed by atoms with Crippen LogP contribution in [0.4, 0.5) is 0 Å². The van der Waals surface area contributed by atoms with Crippen molar-refractivity contribution < 1.29 is 19.8 Å². The number of carboxylic acid groups (broad SMARTS) is 1. The maximum atomic E-state index is 10.3. The predicted molar refractivity (Wildman–Crippen MR) is 33.5 cm³/mol. The van der Waals surface area contributed by atoms with E-state index in [-0.39, 0.29) is 12.2 Å². The van der Waals surface area contributed by atoms with Crippen LogP contribution in [0.2, 0.25) is 0 Å². The van der Waals surface area contributed by atoms with E-state index in [4.69, 9.17) is 10.2 Å². The molecule has 58 valence electrons. The Bertz CT molecular complexity index is 141. The average molecular weight is 146 g/mol. The highest BCUT2D eigenvalue weighted by molar-refractivity contribution is 5.82. The van der Waals surface area contributed by atoms with E-state index in [0.29, 0.717) is 0 Å². The molecule has 0 aliphatic carbocycles. The lowest BCUT2D eigenvalue weighted by Gasteiger charge is -2.04. The van der Waals surface area contributed by atoms with Gasteiger partial charge in [-0.3, -0.25) is 4.79 Å². The van der Waals surface area contributed by atoms with E-state index < -0.39 is 18.5 Å². The van der Waals surface area contributed by atoms with Crippen LogP contribution in [0.3, 0.4) is 0 Å². The zero-order valence-corrected chi connectivity index (χ0v) is 5.70. The van der Waals surface area contributed by atoms with Crippen molar-refractivity contribution in [1.29, 1.82) is 0 Å². The number of hydrogen-bond donors (Lipinski definition) is 2. The van der Waals surface area contributed by atoms with E-state index in [1.165, 1.54) is 6.92 Å². The molecule has 0 aromatic rings. The molecule has 0 heterocycles. The van der Waals surface area contributed by atoms with Crippen LogP contribution in [-0.2, 0) is 9.59 Å². The maximum Gasteiger partial charge on any atom is 0.309 e. The summed E-state index contributed by atoms with van der Waals surface area (Å²) in [5.41, 5.74) is 0. The standard InChI is InChI=1S/C6H10O4/c1-4(8)2-5(3-7)6(9)10/h5,7H,2-3H2,1H3,(H,9,10)/t5-/m0/s1. The second kappa shape index (κ2) is 4.00. The highest BCUT2D eigenvalue weighted by Crippen LogP contribution is 2.01. The van der Waals surface area contributed by atoms with Crippen molar-refractivity contribution in [2.75, 3.05) is 6.61 Å². The summed E-state index contributed by atoms with van der Waals surface area (Å²) in [5.74, 6) is -2.28. The molecule has 0 saturated heterocycles. The van der Waals surface area contributed by atoms with Gasteiger partial charge < -0.3 is 15.0 Å². The Hall–Kier alpha value is -0.900. The lowest BCUT2D eigenvalue weighted by Crippen LogP contribution is -2.20. The summed E-state index contributed by atoms with van der Waals surface area (Å²) in [5, 5.41) is 16.7. The van der Waals surface area contributed by atoms with Crippen molar-refractivity contribution in [3.8, 4) is 0 Å². The molecular formula is C6H10O4. The third-order valence-electron chi connectivity index (χ3n) is 1.10. The number of rotatable bonds is 4. The molecule has 0 radical (unpaired) electrons. The van der Waals surface area contributed by atoms with Crippen LogP contribution in [0.15, 0.2) is 0 Å². The predicted octanol–water partition coefficient (Wildman–Crippen LogP) is -0.341. The highest BCUT2D eigenvalue weighted by atomic mass is 16.4. The molecular weight excluding hydrogens is 136 g/mol. The lowest BCUT2D eigenvalue weighted by atomic mass is 10.1. The smallest absolute Gasteiger partial charge is 0.309 e. The van der Waals surface area contributed by atoms with E-state index in [1.54, 1.807) is 0 Å². The first-order chi connectivity index (χ1) is 4.57. The van der Waals surface area contributed by atoms with Gasteiger partial charge in [0, 0.05) is 6.42 Å². The van der Waals surface area contributed by atoms with E-state index in [2.05, 4.69) is 0 Å². The summed E-state index contributed by atoms with van der Waals surface area (Å²) in [7, 11) is 0.